The number of hydrogen-bond donors (Lipinski definition) is 5. The molecule has 1 aliphatic rings. The van der Waals surface area contributed by atoms with Crippen LogP contribution in [0, 0.1) is 25.6 Å². The van der Waals surface area contributed by atoms with Gasteiger partial charge in [-0.2, -0.15) is 4.98 Å². The maximum Gasteiger partial charge on any atom is 0.573 e. The van der Waals surface area contributed by atoms with E-state index >= 15 is 0 Å². The highest BCUT2D eigenvalue weighted by Crippen LogP contribution is 2.39. The Morgan fingerprint density at radius 2 is 1.86 bits per heavy atom. The second kappa shape index (κ2) is 11.6. The lowest BCUT2D eigenvalue weighted by atomic mass is 10.1. The van der Waals surface area contributed by atoms with Crippen molar-refractivity contribution in [2.75, 3.05) is 17.2 Å². The zero-order chi connectivity index (χ0) is 30.3. The van der Waals surface area contributed by atoms with Crippen molar-refractivity contribution in [3.8, 4) is 16.3 Å². The Bertz CT molecular complexity index is 1600. The highest BCUT2D eigenvalue weighted by Gasteiger charge is 2.41. The van der Waals surface area contributed by atoms with Crippen LogP contribution in [0.15, 0.2) is 30.5 Å². The molecular formula is C27H28F4N6O4S. The maximum atomic E-state index is 14.4. The summed E-state index contributed by atoms with van der Waals surface area (Å²) >= 11 is 1.40. The Labute approximate surface area is 241 Å². The zero-order valence-corrected chi connectivity index (χ0v) is 23.5. The fourth-order valence-corrected chi connectivity index (χ4v) is 6.09. The number of pyridine rings is 1. The van der Waals surface area contributed by atoms with E-state index in [0.717, 1.165) is 28.0 Å². The Balaban J connectivity index is 1.50. The number of alkyl halides is 3. The lowest BCUT2D eigenvalue weighted by Gasteiger charge is -2.22. The lowest BCUT2D eigenvalue weighted by molar-refractivity contribution is -0.275. The molecule has 0 radical (unpaired) electrons. The molecular weight excluding hydrogens is 580 g/mol. The molecule has 3 heterocycles. The number of aryl methyl sites for hydroxylation is 2. The van der Waals surface area contributed by atoms with E-state index in [1.54, 1.807) is 20.0 Å². The summed E-state index contributed by atoms with van der Waals surface area (Å²) in [6.45, 7) is 4.95. The molecule has 1 fully saturated rings. The molecule has 224 valence electrons. The van der Waals surface area contributed by atoms with Gasteiger partial charge >= 0.3 is 6.36 Å². The number of thiazole rings is 1. The van der Waals surface area contributed by atoms with Crippen molar-refractivity contribution in [1.29, 1.82) is 0 Å². The summed E-state index contributed by atoms with van der Waals surface area (Å²) in [5.41, 5.74) is 2.85. The van der Waals surface area contributed by atoms with E-state index < -0.39 is 48.1 Å². The molecule has 5 N–H and O–H groups in total. The van der Waals surface area contributed by atoms with Crippen LogP contribution in [0.4, 0.5) is 29.3 Å². The van der Waals surface area contributed by atoms with Crippen molar-refractivity contribution in [1.82, 2.24) is 19.9 Å². The fourth-order valence-electron chi connectivity index (χ4n) is 4.98. The van der Waals surface area contributed by atoms with Crippen LogP contribution >= 0.6 is 11.3 Å². The van der Waals surface area contributed by atoms with E-state index in [2.05, 4.69) is 30.3 Å². The van der Waals surface area contributed by atoms with Crippen molar-refractivity contribution in [3.05, 3.63) is 53.2 Å². The molecule has 3 aromatic heterocycles. The number of halogens is 4. The van der Waals surface area contributed by atoms with Crippen LogP contribution in [-0.2, 0) is 0 Å². The molecule has 15 heteroatoms. The minimum absolute atomic E-state index is 0.118. The summed E-state index contributed by atoms with van der Waals surface area (Å²) in [6.07, 6.45) is -5.38. The van der Waals surface area contributed by atoms with Gasteiger partial charge in [-0.05, 0) is 51.0 Å². The number of aromatic nitrogens is 4. The number of nitrogens with one attached hydrogen (secondary N) is 2. The van der Waals surface area contributed by atoms with E-state index in [4.69, 9.17) is 4.98 Å². The standard InChI is InChI=1S/C27H28F4N6O4S/c1-11(14-4-5-18(16(28)8-14)41-27(29,30)31)33-26-34-12(2)20(25-36-21-13(3)32-7-6-19(21)42-25)24(37-26)35-17-9-15(10-38)22(39)23(17)40/h4-8,11,15,17,22-23,38-40H,9-10H2,1-3H3,(H2,33,34,35,37)/t11-,15-,17?,22-,23+/m1/s1. The van der Waals surface area contributed by atoms with Gasteiger partial charge < -0.3 is 30.7 Å². The van der Waals surface area contributed by atoms with Gasteiger partial charge in [0.25, 0.3) is 0 Å². The monoisotopic (exact) mass is 608 g/mol. The van der Waals surface area contributed by atoms with Gasteiger partial charge in [-0.3, -0.25) is 4.98 Å². The van der Waals surface area contributed by atoms with Crippen LogP contribution in [0.2, 0.25) is 0 Å². The topological polar surface area (TPSA) is 146 Å². The number of benzene rings is 1. The summed E-state index contributed by atoms with van der Waals surface area (Å²) in [6, 6.07) is 3.69. The Hall–Kier alpha value is -3.66. The minimum Gasteiger partial charge on any atom is -0.403 e. The average Bonchev–Trinajstić information content (AvgIpc) is 3.46. The van der Waals surface area contributed by atoms with E-state index in [1.165, 1.54) is 17.4 Å². The SMILES string of the molecule is Cc1nc(N[C@H](C)c2ccc(OC(F)(F)F)c(F)c2)nc(NC2C[C@H](CO)[C@@H](O)[C@H]2O)c1-c1nc2c(C)nccc2s1. The Morgan fingerprint density at radius 3 is 2.50 bits per heavy atom. The van der Waals surface area contributed by atoms with Crippen LogP contribution < -0.4 is 15.4 Å². The normalized spacial score (nSPS) is 21.5. The first-order valence-electron chi connectivity index (χ1n) is 13.0. The van der Waals surface area contributed by atoms with Gasteiger partial charge in [0.05, 0.1) is 39.8 Å². The largest absolute Gasteiger partial charge is 0.573 e. The van der Waals surface area contributed by atoms with Crippen LogP contribution in [0.3, 0.4) is 0 Å². The molecule has 1 aromatic carbocycles. The molecule has 1 aliphatic carbocycles. The predicted molar refractivity (Wildman–Crippen MR) is 148 cm³/mol. The smallest absolute Gasteiger partial charge is 0.403 e. The van der Waals surface area contributed by atoms with Gasteiger partial charge in [0.2, 0.25) is 5.95 Å². The minimum atomic E-state index is -5.03. The number of rotatable bonds is 8. The molecule has 0 spiro atoms. The first kappa shape index (κ1) is 29.8. The molecule has 0 aliphatic heterocycles. The number of anilines is 2. The number of aliphatic hydroxyl groups excluding tert-OH is 3. The molecule has 0 saturated heterocycles. The van der Waals surface area contributed by atoms with E-state index in [9.17, 15) is 32.9 Å². The van der Waals surface area contributed by atoms with Crippen LogP contribution in [0.25, 0.3) is 20.8 Å². The highest BCUT2D eigenvalue weighted by atomic mass is 32.1. The number of aliphatic hydroxyl groups is 3. The molecule has 0 amide bonds. The molecule has 10 nitrogen and oxygen atoms in total. The van der Waals surface area contributed by atoms with Gasteiger partial charge in [0, 0.05) is 18.7 Å². The van der Waals surface area contributed by atoms with Gasteiger partial charge in [-0.15, -0.1) is 24.5 Å². The third-order valence-electron chi connectivity index (χ3n) is 7.18. The van der Waals surface area contributed by atoms with E-state index in [-0.39, 0.29) is 19.0 Å². The number of fused-ring (bicyclic) bond motifs is 1. The molecule has 1 saturated carbocycles. The van der Waals surface area contributed by atoms with Crippen molar-refractivity contribution in [2.24, 2.45) is 5.92 Å². The van der Waals surface area contributed by atoms with Gasteiger partial charge in [-0.1, -0.05) is 6.07 Å². The third-order valence-corrected chi connectivity index (χ3v) is 8.22. The summed E-state index contributed by atoms with van der Waals surface area (Å²) in [5.74, 6) is -2.23. The summed E-state index contributed by atoms with van der Waals surface area (Å²) in [5, 5.41) is 37.5. The summed E-state index contributed by atoms with van der Waals surface area (Å²) in [4.78, 5) is 18.2. The zero-order valence-electron chi connectivity index (χ0n) is 22.6. The first-order valence-corrected chi connectivity index (χ1v) is 13.8. The van der Waals surface area contributed by atoms with Crippen LogP contribution in [0.5, 0.6) is 5.75 Å². The lowest BCUT2D eigenvalue weighted by Crippen LogP contribution is -2.35. The van der Waals surface area contributed by atoms with Crippen LogP contribution in [-0.4, -0.2) is 66.5 Å². The Morgan fingerprint density at radius 1 is 1.10 bits per heavy atom. The maximum absolute atomic E-state index is 14.4. The third kappa shape index (κ3) is 6.09. The summed E-state index contributed by atoms with van der Waals surface area (Å²) < 4.78 is 56.6. The molecule has 0 bridgehead atoms. The van der Waals surface area contributed by atoms with Gasteiger partial charge in [0.15, 0.2) is 11.6 Å². The van der Waals surface area contributed by atoms with Crippen molar-refractivity contribution in [2.45, 2.75) is 57.8 Å². The number of ether oxygens (including phenoxy) is 1. The van der Waals surface area contributed by atoms with E-state index in [0.29, 0.717) is 27.6 Å². The highest BCUT2D eigenvalue weighted by molar-refractivity contribution is 7.21. The van der Waals surface area contributed by atoms with Crippen molar-refractivity contribution < 1.29 is 37.6 Å². The first-order chi connectivity index (χ1) is 19.8. The van der Waals surface area contributed by atoms with Crippen LogP contribution in [0.1, 0.15) is 36.3 Å². The van der Waals surface area contributed by atoms with E-state index in [1.807, 2.05) is 13.0 Å². The average molecular weight is 609 g/mol. The molecule has 5 rings (SSSR count). The number of nitrogens with zero attached hydrogens (tertiary/aromatic N) is 4. The fraction of sp³-hybridized carbons (Fsp3) is 0.407. The number of hydrogen-bond acceptors (Lipinski definition) is 11. The predicted octanol–water partition coefficient (Wildman–Crippen LogP) is 4.49. The van der Waals surface area contributed by atoms with Gasteiger partial charge in [-0.25, -0.2) is 14.4 Å². The van der Waals surface area contributed by atoms with Crippen molar-refractivity contribution >= 4 is 33.3 Å². The van der Waals surface area contributed by atoms with Gasteiger partial charge in [0.1, 0.15) is 22.4 Å². The molecule has 5 atom stereocenters. The Kier molecular flexibility index (Phi) is 8.20. The van der Waals surface area contributed by atoms with Crippen molar-refractivity contribution in [3.63, 3.8) is 0 Å². The molecule has 4 aromatic rings. The molecule has 1 unspecified atom stereocenters. The second-order valence-corrected chi connectivity index (χ2v) is 11.2. The summed E-state index contributed by atoms with van der Waals surface area (Å²) in [7, 11) is 0. The second-order valence-electron chi connectivity index (χ2n) is 10.1. The molecule has 42 heavy (non-hydrogen) atoms. The quantitative estimate of drug-likeness (QED) is 0.181.